The second-order valence-electron chi connectivity index (χ2n) is 10.4. The molecule has 0 radical (unpaired) electrons. The van der Waals surface area contributed by atoms with Crippen molar-refractivity contribution in [2.45, 2.75) is 38.1 Å². The zero-order valence-electron chi connectivity index (χ0n) is 20.4. The van der Waals surface area contributed by atoms with E-state index in [9.17, 15) is 9.59 Å². The van der Waals surface area contributed by atoms with Gasteiger partial charge in [-0.05, 0) is 91.0 Å². The van der Waals surface area contributed by atoms with Crippen molar-refractivity contribution < 1.29 is 14.3 Å². The summed E-state index contributed by atoms with van der Waals surface area (Å²) >= 11 is 12.2. The molecule has 3 aliphatic carbocycles. The first kappa shape index (κ1) is 24.4. The van der Waals surface area contributed by atoms with Gasteiger partial charge >= 0.3 is 5.97 Å². The zero-order chi connectivity index (χ0) is 25.5. The van der Waals surface area contributed by atoms with E-state index in [0.29, 0.717) is 16.0 Å². The Labute approximate surface area is 226 Å². The van der Waals surface area contributed by atoms with Crippen LogP contribution < -0.4 is 0 Å². The summed E-state index contributed by atoms with van der Waals surface area (Å²) in [5, 5.41) is 7.74. The molecule has 1 amide bonds. The molecule has 6 rings (SSSR count). The Balaban J connectivity index is 1.26. The number of hydrazone groups is 1. The number of halogens is 2. The molecule has 5 nitrogen and oxygen atoms in total. The van der Waals surface area contributed by atoms with Gasteiger partial charge in [-0.1, -0.05) is 59.6 Å². The first-order valence-electron chi connectivity index (χ1n) is 12.9. The van der Waals surface area contributed by atoms with Gasteiger partial charge in [0.1, 0.15) is 0 Å². The number of amides is 1. The summed E-state index contributed by atoms with van der Waals surface area (Å²) in [4.78, 5) is 26.3. The predicted molar refractivity (Wildman–Crippen MR) is 145 cm³/mol. The SMILES string of the molecule is O=C(OCC(=O)N1N=C2/C(=C\c3ccc(Cl)cc3)CCC[C@@H]2[C@H]1c1ccc(Cl)cc1)[C@@H]1C[C@H]2C=C[C@H]1C2. The van der Waals surface area contributed by atoms with Gasteiger partial charge in [-0.2, -0.15) is 5.10 Å². The van der Waals surface area contributed by atoms with Gasteiger partial charge in [0.25, 0.3) is 5.91 Å². The molecule has 2 aromatic rings. The molecule has 190 valence electrons. The van der Waals surface area contributed by atoms with Gasteiger partial charge in [-0.3, -0.25) is 9.59 Å². The Morgan fingerprint density at radius 2 is 1.73 bits per heavy atom. The van der Waals surface area contributed by atoms with E-state index in [-0.39, 0.29) is 42.3 Å². The van der Waals surface area contributed by atoms with Gasteiger partial charge in [0.2, 0.25) is 0 Å². The fraction of sp³-hybridized carbons (Fsp3) is 0.367. The lowest BCUT2D eigenvalue weighted by Crippen LogP contribution is -2.35. The maximum absolute atomic E-state index is 13.5. The molecule has 2 fully saturated rings. The highest BCUT2D eigenvalue weighted by molar-refractivity contribution is 6.30. The number of carbonyl (C=O) groups excluding carboxylic acids is 2. The van der Waals surface area contributed by atoms with E-state index < -0.39 is 0 Å². The van der Waals surface area contributed by atoms with Gasteiger partial charge < -0.3 is 4.74 Å². The average molecular weight is 535 g/mol. The molecule has 5 atom stereocenters. The van der Waals surface area contributed by atoms with Gasteiger partial charge in [-0.25, -0.2) is 5.01 Å². The lowest BCUT2D eigenvalue weighted by atomic mass is 9.77. The molecule has 0 unspecified atom stereocenters. The van der Waals surface area contributed by atoms with Crippen molar-refractivity contribution >= 4 is 46.9 Å². The van der Waals surface area contributed by atoms with Crippen LogP contribution in [0.1, 0.15) is 49.3 Å². The Bertz CT molecular complexity index is 1300. The maximum Gasteiger partial charge on any atom is 0.310 e. The van der Waals surface area contributed by atoms with Crippen molar-refractivity contribution in [1.82, 2.24) is 5.01 Å². The van der Waals surface area contributed by atoms with E-state index in [1.165, 1.54) is 5.01 Å². The summed E-state index contributed by atoms with van der Waals surface area (Å²) < 4.78 is 5.56. The number of benzene rings is 2. The molecule has 37 heavy (non-hydrogen) atoms. The summed E-state index contributed by atoms with van der Waals surface area (Å²) in [6, 6.07) is 15.0. The van der Waals surface area contributed by atoms with Crippen molar-refractivity contribution in [2.24, 2.45) is 28.8 Å². The van der Waals surface area contributed by atoms with Gasteiger partial charge in [0.15, 0.2) is 6.61 Å². The minimum absolute atomic E-state index is 0.0591. The number of hydrogen-bond donors (Lipinski definition) is 0. The summed E-state index contributed by atoms with van der Waals surface area (Å²) in [5.41, 5.74) is 4.07. The summed E-state index contributed by atoms with van der Waals surface area (Å²) in [7, 11) is 0. The van der Waals surface area contributed by atoms with E-state index >= 15 is 0 Å². The van der Waals surface area contributed by atoms with Crippen LogP contribution in [0.25, 0.3) is 6.08 Å². The van der Waals surface area contributed by atoms with Gasteiger partial charge in [0.05, 0.1) is 17.7 Å². The fourth-order valence-corrected chi connectivity index (χ4v) is 6.57. The summed E-state index contributed by atoms with van der Waals surface area (Å²) in [5.74, 6) is 0.0389. The van der Waals surface area contributed by atoms with E-state index in [1.54, 1.807) is 0 Å². The Morgan fingerprint density at radius 1 is 1.00 bits per heavy atom. The maximum atomic E-state index is 13.5. The van der Waals surface area contributed by atoms with Crippen LogP contribution in [-0.4, -0.2) is 29.2 Å². The third kappa shape index (κ3) is 4.87. The third-order valence-corrected chi connectivity index (χ3v) is 8.60. The normalized spacial score (nSPS) is 28.9. The molecule has 4 aliphatic rings. The first-order valence-corrected chi connectivity index (χ1v) is 13.7. The van der Waals surface area contributed by atoms with Crippen molar-refractivity contribution in [3.8, 4) is 0 Å². The highest BCUT2D eigenvalue weighted by atomic mass is 35.5. The van der Waals surface area contributed by atoms with Crippen LogP contribution in [0.5, 0.6) is 0 Å². The van der Waals surface area contributed by atoms with Gasteiger partial charge in [0, 0.05) is 16.0 Å². The molecule has 1 heterocycles. The van der Waals surface area contributed by atoms with Crippen LogP contribution in [0, 0.1) is 23.7 Å². The molecule has 0 N–H and O–H groups in total. The standard InChI is InChI=1S/C30H28Cl2N2O3/c31-23-10-5-18(6-11-23)14-22-2-1-3-25-28(22)33-34(29(25)20-8-12-24(32)13-9-20)27(35)17-37-30(36)26-16-19-4-7-21(26)15-19/h4-14,19,21,25-26,29H,1-3,15-17H2/b22-14-/t19-,21-,25-,26+,29+/m0/s1. The summed E-state index contributed by atoms with van der Waals surface area (Å²) in [6.07, 6.45) is 11.1. The first-order chi connectivity index (χ1) is 18.0. The Hall–Kier alpha value is -2.89. The summed E-state index contributed by atoms with van der Waals surface area (Å²) in [6.45, 7) is -0.305. The van der Waals surface area contributed by atoms with E-state index in [4.69, 9.17) is 33.0 Å². The van der Waals surface area contributed by atoms with Crippen molar-refractivity contribution in [3.63, 3.8) is 0 Å². The van der Waals surface area contributed by atoms with Crippen LogP contribution in [-0.2, 0) is 14.3 Å². The topological polar surface area (TPSA) is 59.0 Å². The van der Waals surface area contributed by atoms with Crippen molar-refractivity contribution in [1.29, 1.82) is 0 Å². The second-order valence-corrected chi connectivity index (χ2v) is 11.3. The smallest absolute Gasteiger partial charge is 0.310 e. The molecule has 1 aliphatic heterocycles. The number of allylic oxidation sites excluding steroid dienone is 3. The monoisotopic (exact) mass is 534 g/mol. The predicted octanol–water partition coefficient (Wildman–Crippen LogP) is 6.87. The molecule has 2 saturated carbocycles. The number of hydrogen-bond acceptors (Lipinski definition) is 4. The second kappa shape index (κ2) is 10.1. The minimum atomic E-state index is -0.306. The number of rotatable bonds is 5. The molecule has 2 aromatic carbocycles. The lowest BCUT2D eigenvalue weighted by molar-refractivity contribution is -0.157. The highest BCUT2D eigenvalue weighted by Crippen LogP contribution is 2.45. The van der Waals surface area contributed by atoms with Crippen LogP contribution in [0.4, 0.5) is 0 Å². The van der Waals surface area contributed by atoms with Crippen LogP contribution in [0.2, 0.25) is 10.0 Å². The lowest BCUT2D eigenvalue weighted by Gasteiger charge is -2.29. The highest BCUT2D eigenvalue weighted by Gasteiger charge is 2.45. The molecule has 7 heteroatoms. The number of nitrogens with zero attached hydrogens (tertiary/aromatic N) is 2. The number of esters is 1. The molecule has 0 saturated heterocycles. The molecular weight excluding hydrogens is 507 g/mol. The Kier molecular flexibility index (Phi) is 6.68. The van der Waals surface area contributed by atoms with Gasteiger partial charge in [-0.15, -0.1) is 0 Å². The quantitative estimate of drug-likeness (QED) is 0.310. The van der Waals surface area contributed by atoms with Crippen LogP contribution in [0.3, 0.4) is 0 Å². The fourth-order valence-electron chi connectivity index (χ4n) is 6.32. The minimum Gasteiger partial charge on any atom is -0.455 e. The molecular formula is C30H28Cl2N2O3. The number of fused-ring (bicyclic) bond motifs is 3. The van der Waals surface area contributed by atoms with Crippen molar-refractivity contribution in [3.05, 3.63) is 87.4 Å². The average Bonchev–Trinajstić information content (AvgIpc) is 3.64. The third-order valence-electron chi connectivity index (χ3n) is 8.10. The van der Waals surface area contributed by atoms with Crippen LogP contribution >= 0.6 is 23.2 Å². The Morgan fingerprint density at radius 3 is 2.41 bits per heavy atom. The molecule has 2 bridgehead atoms. The zero-order valence-corrected chi connectivity index (χ0v) is 21.9. The number of carbonyl (C=O) groups is 2. The largest absolute Gasteiger partial charge is 0.455 e. The van der Waals surface area contributed by atoms with E-state index in [1.807, 2.05) is 48.5 Å². The van der Waals surface area contributed by atoms with E-state index in [0.717, 1.165) is 54.5 Å². The molecule has 0 spiro atoms. The molecule has 0 aromatic heterocycles. The van der Waals surface area contributed by atoms with Crippen LogP contribution in [0.15, 0.2) is 71.4 Å². The number of ether oxygens (including phenoxy) is 1. The van der Waals surface area contributed by atoms with Crippen molar-refractivity contribution in [2.75, 3.05) is 6.61 Å². The van der Waals surface area contributed by atoms with E-state index in [2.05, 4.69) is 18.2 Å².